The minimum Gasteiger partial charge on any atom is -0.385 e. The van der Waals surface area contributed by atoms with E-state index in [-0.39, 0.29) is 0 Å². The molecule has 96 valence electrons. The van der Waals surface area contributed by atoms with Gasteiger partial charge in [-0.15, -0.1) is 0 Å². The van der Waals surface area contributed by atoms with Crippen molar-refractivity contribution in [3.8, 4) is 0 Å². The summed E-state index contributed by atoms with van der Waals surface area (Å²) < 4.78 is 5.02. The van der Waals surface area contributed by atoms with Crippen molar-refractivity contribution in [2.24, 2.45) is 0 Å². The second-order valence-corrected chi connectivity index (χ2v) is 4.52. The van der Waals surface area contributed by atoms with Crippen molar-refractivity contribution < 1.29 is 4.74 Å². The molecule has 0 aliphatic rings. The third-order valence-corrected chi connectivity index (χ3v) is 2.81. The number of methoxy groups -OCH3 is 1. The number of halogens is 1. The highest BCUT2D eigenvalue weighted by Gasteiger charge is 1.98. The number of nitrogens with zero attached hydrogens (tertiary/aromatic N) is 1. The number of hydrogen-bond donors (Lipinski definition) is 1. The number of hydrogen-bond acceptors (Lipinski definition) is 3. The van der Waals surface area contributed by atoms with Gasteiger partial charge in [0.25, 0.3) is 0 Å². The minimum absolute atomic E-state index is 0.771. The Morgan fingerprint density at radius 1 is 1.24 bits per heavy atom. The lowest BCUT2D eigenvalue weighted by atomic mass is 10.3. The van der Waals surface area contributed by atoms with Crippen molar-refractivity contribution in [2.45, 2.75) is 6.42 Å². The van der Waals surface area contributed by atoms with Crippen molar-refractivity contribution in [1.82, 2.24) is 4.90 Å². The van der Waals surface area contributed by atoms with Crippen LogP contribution in [0.3, 0.4) is 0 Å². The van der Waals surface area contributed by atoms with Crippen molar-refractivity contribution in [3.05, 3.63) is 29.3 Å². The number of anilines is 1. The molecule has 0 heterocycles. The first kappa shape index (κ1) is 14.3. The molecule has 0 bridgehead atoms. The van der Waals surface area contributed by atoms with Gasteiger partial charge in [0.15, 0.2) is 0 Å². The fourth-order valence-corrected chi connectivity index (χ4v) is 1.68. The van der Waals surface area contributed by atoms with E-state index in [0.29, 0.717) is 0 Å². The van der Waals surface area contributed by atoms with Crippen molar-refractivity contribution in [2.75, 3.05) is 45.7 Å². The number of nitrogens with one attached hydrogen (secondary N) is 1. The van der Waals surface area contributed by atoms with E-state index in [0.717, 1.165) is 43.4 Å². The Morgan fingerprint density at radius 3 is 2.59 bits per heavy atom. The van der Waals surface area contributed by atoms with Crippen LogP contribution in [0.15, 0.2) is 24.3 Å². The summed E-state index contributed by atoms with van der Waals surface area (Å²) >= 11 is 5.82. The highest BCUT2D eigenvalue weighted by Crippen LogP contribution is 2.12. The van der Waals surface area contributed by atoms with E-state index < -0.39 is 0 Å². The minimum atomic E-state index is 0.771. The van der Waals surface area contributed by atoms with Gasteiger partial charge in [-0.2, -0.15) is 0 Å². The predicted molar refractivity (Wildman–Crippen MR) is 73.9 cm³/mol. The molecule has 0 unspecified atom stereocenters. The van der Waals surface area contributed by atoms with Gasteiger partial charge in [-0.05, 0) is 37.7 Å². The number of rotatable bonds is 8. The van der Waals surface area contributed by atoms with Crippen LogP contribution < -0.4 is 5.32 Å². The standard InChI is InChI=1S/C13H21ClN2O/c1-16(9-3-11-17-2)10-8-15-13-6-4-12(14)5-7-13/h4-7,15H,3,8-11H2,1-2H3. The first-order valence-corrected chi connectivity index (χ1v) is 6.27. The zero-order valence-corrected chi connectivity index (χ0v) is 11.3. The number of ether oxygens (including phenoxy) is 1. The Bertz CT molecular complexity index is 303. The molecule has 1 N–H and O–H groups in total. The second-order valence-electron chi connectivity index (χ2n) is 4.08. The van der Waals surface area contributed by atoms with Gasteiger partial charge in [0.2, 0.25) is 0 Å². The maximum atomic E-state index is 5.82. The molecule has 0 atom stereocenters. The lowest BCUT2D eigenvalue weighted by molar-refractivity contribution is 0.180. The molecule has 1 rings (SSSR count). The van der Waals surface area contributed by atoms with Gasteiger partial charge in [0.1, 0.15) is 0 Å². The molecule has 0 aliphatic carbocycles. The third-order valence-electron chi connectivity index (χ3n) is 2.56. The second kappa shape index (κ2) is 8.34. The Kier molecular flexibility index (Phi) is 7.01. The fourth-order valence-electron chi connectivity index (χ4n) is 1.55. The van der Waals surface area contributed by atoms with Gasteiger partial charge in [-0.3, -0.25) is 0 Å². The maximum Gasteiger partial charge on any atom is 0.0474 e. The smallest absolute Gasteiger partial charge is 0.0474 e. The summed E-state index contributed by atoms with van der Waals surface area (Å²) in [5.74, 6) is 0. The average Bonchev–Trinajstić information content (AvgIpc) is 2.32. The Hall–Kier alpha value is -0.770. The monoisotopic (exact) mass is 256 g/mol. The molecular weight excluding hydrogens is 236 g/mol. The molecule has 0 amide bonds. The van der Waals surface area contributed by atoms with E-state index in [1.165, 1.54) is 0 Å². The lowest BCUT2D eigenvalue weighted by Crippen LogP contribution is -2.26. The Morgan fingerprint density at radius 2 is 1.94 bits per heavy atom. The Labute approximate surface area is 109 Å². The van der Waals surface area contributed by atoms with E-state index in [9.17, 15) is 0 Å². The maximum absolute atomic E-state index is 5.82. The molecular formula is C13H21ClN2O. The van der Waals surface area contributed by atoms with Crippen LogP contribution in [0.5, 0.6) is 0 Å². The van der Waals surface area contributed by atoms with Crippen LogP contribution in [0.2, 0.25) is 5.02 Å². The van der Waals surface area contributed by atoms with Gasteiger partial charge in [-0.25, -0.2) is 0 Å². The molecule has 1 aromatic rings. The lowest BCUT2D eigenvalue weighted by Gasteiger charge is -2.17. The third kappa shape index (κ3) is 6.51. The summed E-state index contributed by atoms with van der Waals surface area (Å²) in [6.07, 6.45) is 1.08. The van der Waals surface area contributed by atoms with Crippen molar-refractivity contribution in [3.63, 3.8) is 0 Å². The van der Waals surface area contributed by atoms with Crippen LogP contribution in [0.4, 0.5) is 5.69 Å². The molecule has 0 saturated carbocycles. The normalized spacial score (nSPS) is 10.8. The summed E-state index contributed by atoms with van der Waals surface area (Å²) in [4.78, 5) is 2.29. The van der Waals surface area contributed by atoms with Crippen molar-refractivity contribution >= 4 is 17.3 Å². The Balaban J connectivity index is 2.12. The molecule has 17 heavy (non-hydrogen) atoms. The molecule has 0 radical (unpaired) electrons. The summed E-state index contributed by atoms with van der Waals surface area (Å²) in [7, 11) is 3.86. The van der Waals surface area contributed by atoms with E-state index >= 15 is 0 Å². The van der Waals surface area contributed by atoms with E-state index in [4.69, 9.17) is 16.3 Å². The van der Waals surface area contributed by atoms with Gasteiger partial charge in [0.05, 0.1) is 0 Å². The van der Waals surface area contributed by atoms with Crippen LogP contribution in [0.1, 0.15) is 6.42 Å². The molecule has 4 heteroatoms. The van der Waals surface area contributed by atoms with Crippen LogP contribution in [0.25, 0.3) is 0 Å². The summed E-state index contributed by atoms with van der Waals surface area (Å²) in [5, 5.41) is 4.13. The molecule has 1 aromatic carbocycles. The average molecular weight is 257 g/mol. The van der Waals surface area contributed by atoms with E-state index in [1.807, 2.05) is 24.3 Å². The molecule has 0 aliphatic heterocycles. The predicted octanol–water partition coefficient (Wildman–Crippen LogP) is 2.72. The zero-order chi connectivity index (χ0) is 12.5. The topological polar surface area (TPSA) is 24.5 Å². The largest absolute Gasteiger partial charge is 0.385 e. The quantitative estimate of drug-likeness (QED) is 0.724. The summed E-state index contributed by atoms with van der Waals surface area (Å²) in [6, 6.07) is 7.78. The van der Waals surface area contributed by atoms with E-state index in [1.54, 1.807) is 7.11 Å². The zero-order valence-electron chi connectivity index (χ0n) is 10.6. The van der Waals surface area contributed by atoms with Crippen LogP contribution in [-0.4, -0.2) is 45.3 Å². The van der Waals surface area contributed by atoms with Gasteiger partial charge in [-0.1, -0.05) is 11.6 Å². The number of benzene rings is 1. The SMILES string of the molecule is COCCCN(C)CCNc1ccc(Cl)cc1. The first-order chi connectivity index (χ1) is 8.22. The van der Waals surface area contributed by atoms with Crippen LogP contribution in [0, 0.1) is 0 Å². The molecule has 0 saturated heterocycles. The van der Waals surface area contributed by atoms with Crippen LogP contribution >= 0.6 is 11.6 Å². The summed E-state index contributed by atoms with van der Waals surface area (Å²) in [6.45, 7) is 3.85. The van der Waals surface area contributed by atoms with Gasteiger partial charge in [0, 0.05) is 44.1 Å². The molecule has 3 nitrogen and oxygen atoms in total. The van der Waals surface area contributed by atoms with Gasteiger partial charge < -0.3 is 15.0 Å². The van der Waals surface area contributed by atoms with Crippen LogP contribution in [-0.2, 0) is 4.74 Å². The highest BCUT2D eigenvalue weighted by atomic mass is 35.5. The fraction of sp³-hybridized carbons (Fsp3) is 0.538. The molecule has 0 spiro atoms. The van der Waals surface area contributed by atoms with Crippen molar-refractivity contribution in [1.29, 1.82) is 0 Å². The summed E-state index contributed by atoms with van der Waals surface area (Å²) in [5.41, 5.74) is 1.11. The van der Waals surface area contributed by atoms with Gasteiger partial charge >= 0.3 is 0 Å². The first-order valence-electron chi connectivity index (χ1n) is 5.89. The van der Waals surface area contributed by atoms with E-state index in [2.05, 4.69) is 17.3 Å². The highest BCUT2D eigenvalue weighted by molar-refractivity contribution is 6.30. The molecule has 0 fully saturated rings. The number of likely N-dealkylation sites (N-methyl/N-ethyl adjacent to an activating group) is 1. The molecule has 0 aromatic heterocycles.